The fourth-order valence-corrected chi connectivity index (χ4v) is 4.38. The van der Waals surface area contributed by atoms with Crippen LogP contribution in [0.4, 0.5) is 5.69 Å². The van der Waals surface area contributed by atoms with E-state index in [-0.39, 0.29) is 11.5 Å². The smallest absolute Gasteiger partial charge is 0.331 e. The number of carbonyl (C=O) groups excluding carboxylic acids is 2. The van der Waals surface area contributed by atoms with Crippen molar-refractivity contribution in [3.05, 3.63) is 100 Å². The van der Waals surface area contributed by atoms with Crippen molar-refractivity contribution in [1.82, 2.24) is 4.90 Å². The molecule has 0 fully saturated rings. The van der Waals surface area contributed by atoms with Gasteiger partial charge in [0, 0.05) is 5.02 Å². The van der Waals surface area contributed by atoms with Crippen LogP contribution >= 0.6 is 11.6 Å². The predicted molar refractivity (Wildman–Crippen MR) is 131 cm³/mol. The largest absolute Gasteiger partial charge is 0.479 e. The molecular weight excluding hydrogens is 452 g/mol. The first-order valence-electron chi connectivity index (χ1n) is 11.1. The normalized spacial score (nSPS) is 17.4. The van der Waals surface area contributed by atoms with E-state index < -0.39 is 29.9 Å². The zero-order valence-corrected chi connectivity index (χ0v) is 19.6. The van der Waals surface area contributed by atoms with E-state index in [1.54, 1.807) is 66.7 Å². The summed E-state index contributed by atoms with van der Waals surface area (Å²) in [5, 5.41) is 13.6. The molecule has 3 atom stereocenters. The zero-order valence-electron chi connectivity index (χ0n) is 18.9. The minimum Gasteiger partial charge on any atom is -0.479 e. The van der Waals surface area contributed by atoms with Gasteiger partial charge in [0.1, 0.15) is 6.04 Å². The standard InChI is InChI=1S/C27H25ClN2O4/c1-3-16(2)19-11-14-22-21(15-19)26(32)30(24(27(33)34)17-7-5-4-6-8-17)23(25(31)29-22)18-9-12-20(28)13-10-18/h4-16,23-24H,3H2,1-2H3,(H,29,31)(H,33,34). The van der Waals surface area contributed by atoms with Gasteiger partial charge in [0.05, 0.1) is 11.3 Å². The number of nitrogens with one attached hydrogen (secondary N) is 1. The molecule has 0 aliphatic carbocycles. The number of hydrogen-bond acceptors (Lipinski definition) is 3. The number of benzene rings is 3. The van der Waals surface area contributed by atoms with Crippen molar-refractivity contribution in [2.24, 2.45) is 0 Å². The van der Waals surface area contributed by atoms with E-state index in [9.17, 15) is 19.5 Å². The number of aliphatic carboxylic acids is 1. The molecule has 0 aromatic heterocycles. The number of hydrogen-bond donors (Lipinski definition) is 2. The monoisotopic (exact) mass is 476 g/mol. The van der Waals surface area contributed by atoms with Gasteiger partial charge in [0.25, 0.3) is 11.8 Å². The first-order chi connectivity index (χ1) is 16.3. The third-order valence-electron chi connectivity index (χ3n) is 6.29. The van der Waals surface area contributed by atoms with Gasteiger partial charge in [-0.2, -0.15) is 0 Å². The molecule has 0 bridgehead atoms. The topological polar surface area (TPSA) is 86.7 Å². The fraction of sp³-hybridized carbons (Fsp3) is 0.222. The van der Waals surface area contributed by atoms with Crippen molar-refractivity contribution in [2.75, 3.05) is 5.32 Å². The zero-order chi connectivity index (χ0) is 24.4. The van der Waals surface area contributed by atoms with Crippen molar-refractivity contribution >= 4 is 35.1 Å². The maximum Gasteiger partial charge on any atom is 0.331 e. The molecule has 3 unspecified atom stereocenters. The van der Waals surface area contributed by atoms with Gasteiger partial charge < -0.3 is 15.3 Å². The van der Waals surface area contributed by atoms with Crippen LogP contribution in [0.3, 0.4) is 0 Å². The van der Waals surface area contributed by atoms with Gasteiger partial charge in [-0.15, -0.1) is 0 Å². The third-order valence-corrected chi connectivity index (χ3v) is 6.54. The fourth-order valence-electron chi connectivity index (χ4n) is 4.25. The van der Waals surface area contributed by atoms with Crippen molar-refractivity contribution in [1.29, 1.82) is 0 Å². The van der Waals surface area contributed by atoms with Gasteiger partial charge >= 0.3 is 5.97 Å². The molecule has 1 aliphatic rings. The first-order valence-corrected chi connectivity index (χ1v) is 11.5. The number of carboxylic acids is 1. The number of amides is 2. The summed E-state index contributed by atoms with van der Waals surface area (Å²) in [6.07, 6.45) is 0.873. The van der Waals surface area contributed by atoms with Crippen LogP contribution in [0.25, 0.3) is 0 Å². The van der Waals surface area contributed by atoms with Gasteiger partial charge in [-0.25, -0.2) is 4.79 Å². The number of nitrogens with zero attached hydrogens (tertiary/aromatic N) is 1. The molecule has 0 saturated carbocycles. The summed E-state index contributed by atoms with van der Waals surface area (Å²) in [4.78, 5) is 41.3. The van der Waals surface area contributed by atoms with E-state index in [1.165, 1.54) is 4.90 Å². The molecule has 2 amide bonds. The molecule has 4 rings (SSSR count). The van der Waals surface area contributed by atoms with Crippen molar-refractivity contribution < 1.29 is 19.5 Å². The molecule has 1 heterocycles. The van der Waals surface area contributed by atoms with E-state index in [0.29, 0.717) is 21.8 Å². The Morgan fingerprint density at radius 2 is 1.71 bits per heavy atom. The minimum atomic E-state index is -1.38. The summed E-state index contributed by atoms with van der Waals surface area (Å²) >= 11 is 6.05. The van der Waals surface area contributed by atoms with Gasteiger partial charge in [-0.3, -0.25) is 9.59 Å². The lowest BCUT2D eigenvalue weighted by Crippen LogP contribution is -2.44. The van der Waals surface area contributed by atoms with Gasteiger partial charge in [-0.05, 0) is 53.3 Å². The molecule has 0 spiro atoms. The van der Waals surface area contributed by atoms with Crippen LogP contribution in [0.1, 0.15) is 65.3 Å². The highest BCUT2D eigenvalue weighted by Crippen LogP contribution is 2.38. The average molecular weight is 477 g/mol. The molecule has 6 nitrogen and oxygen atoms in total. The van der Waals surface area contributed by atoms with Crippen LogP contribution in [0.5, 0.6) is 0 Å². The Labute approximate surface area is 203 Å². The number of rotatable bonds is 6. The van der Waals surface area contributed by atoms with E-state index in [4.69, 9.17) is 11.6 Å². The van der Waals surface area contributed by atoms with E-state index in [1.807, 2.05) is 6.07 Å². The lowest BCUT2D eigenvalue weighted by molar-refractivity contribution is -0.144. The lowest BCUT2D eigenvalue weighted by atomic mass is 9.94. The second-order valence-electron chi connectivity index (χ2n) is 8.42. The molecule has 3 aromatic rings. The maximum atomic E-state index is 14.1. The molecule has 0 saturated heterocycles. The van der Waals surface area contributed by atoms with Crippen molar-refractivity contribution in [3.8, 4) is 0 Å². The Bertz CT molecular complexity index is 1230. The molecule has 174 valence electrons. The SMILES string of the molecule is CCC(C)c1ccc2c(c1)C(=O)N(C(C(=O)O)c1ccccc1)C(c1ccc(Cl)cc1)C(=O)N2. The van der Waals surface area contributed by atoms with Crippen LogP contribution < -0.4 is 5.32 Å². The Hall–Kier alpha value is -3.64. The maximum absolute atomic E-state index is 14.1. The number of anilines is 1. The molecule has 7 heteroatoms. The number of carboxylic acid groups (broad SMARTS) is 1. The molecule has 1 aliphatic heterocycles. The quantitative estimate of drug-likeness (QED) is 0.469. The lowest BCUT2D eigenvalue weighted by Gasteiger charge is -2.34. The van der Waals surface area contributed by atoms with E-state index in [2.05, 4.69) is 19.2 Å². The summed E-state index contributed by atoms with van der Waals surface area (Å²) in [6, 6.07) is 17.8. The minimum absolute atomic E-state index is 0.196. The highest BCUT2D eigenvalue weighted by molar-refractivity contribution is 6.30. The highest BCUT2D eigenvalue weighted by atomic mass is 35.5. The highest BCUT2D eigenvalue weighted by Gasteiger charge is 2.43. The van der Waals surface area contributed by atoms with E-state index >= 15 is 0 Å². The first kappa shape index (κ1) is 23.5. The van der Waals surface area contributed by atoms with Gasteiger partial charge in [0.2, 0.25) is 0 Å². The molecule has 0 radical (unpaired) electrons. The van der Waals surface area contributed by atoms with Crippen molar-refractivity contribution in [2.45, 2.75) is 38.3 Å². The second kappa shape index (κ2) is 9.69. The van der Waals surface area contributed by atoms with Crippen LogP contribution in [0, 0.1) is 0 Å². The van der Waals surface area contributed by atoms with Gasteiger partial charge in [0.15, 0.2) is 6.04 Å². The van der Waals surface area contributed by atoms with E-state index in [0.717, 1.165) is 12.0 Å². The predicted octanol–water partition coefficient (Wildman–Crippen LogP) is 5.82. The van der Waals surface area contributed by atoms with Crippen LogP contribution in [-0.4, -0.2) is 27.8 Å². The number of halogens is 1. The van der Waals surface area contributed by atoms with Crippen LogP contribution in [-0.2, 0) is 9.59 Å². The van der Waals surface area contributed by atoms with Crippen LogP contribution in [0.15, 0.2) is 72.8 Å². The Kier molecular flexibility index (Phi) is 6.70. The Morgan fingerprint density at radius 3 is 2.32 bits per heavy atom. The molecule has 3 aromatic carbocycles. The van der Waals surface area contributed by atoms with Crippen LogP contribution in [0.2, 0.25) is 5.02 Å². The molecule has 2 N–H and O–H groups in total. The summed E-state index contributed by atoms with van der Waals surface area (Å²) in [5.74, 6) is -2.06. The second-order valence-corrected chi connectivity index (χ2v) is 8.86. The van der Waals surface area contributed by atoms with Crippen molar-refractivity contribution in [3.63, 3.8) is 0 Å². The summed E-state index contributed by atoms with van der Waals surface area (Å²) in [6.45, 7) is 4.11. The molecular formula is C27H25ClN2O4. The average Bonchev–Trinajstić information content (AvgIpc) is 2.94. The number of carbonyl (C=O) groups is 3. The summed E-state index contributed by atoms with van der Waals surface area (Å²) in [5.41, 5.74) is 2.44. The Morgan fingerprint density at radius 1 is 1.03 bits per heavy atom. The summed E-state index contributed by atoms with van der Waals surface area (Å²) < 4.78 is 0. The Balaban J connectivity index is 1.94. The summed E-state index contributed by atoms with van der Waals surface area (Å²) in [7, 11) is 0. The van der Waals surface area contributed by atoms with Gasteiger partial charge in [-0.1, -0.05) is 74.0 Å². The molecule has 34 heavy (non-hydrogen) atoms. The third kappa shape index (κ3) is 4.41. The number of fused-ring (bicyclic) bond motifs is 1.